The van der Waals surface area contributed by atoms with Gasteiger partial charge in [0.05, 0.1) is 42.7 Å². The summed E-state index contributed by atoms with van der Waals surface area (Å²) in [5.41, 5.74) is 11.7. The Morgan fingerprint density at radius 1 is 1.11 bits per heavy atom. The number of ether oxygens (including phenoxy) is 2. The highest BCUT2D eigenvalue weighted by atomic mass is 19.1. The van der Waals surface area contributed by atoms with Crippen molar-refractivity contribution in [1.82, 2.24) is 33.8 Å². The van der Waals surface area contributed by atoms with Gasteiger partial charge in [-0.2, -0.15) is 5.10 Å². The molecule has 0 unspecified atom stereocenters. The van der Waals surface area contributed by atoms with Crippen molar-refractivity contribution in [2.75, 3.05) is 26.8 Å². The second-order valence-corrected chi connectivity index (χ2v) is 12.7. The van der Waals surface area contributed by atoms with Crippen LogP contribution in [0.1, 0.15) is 52.7 Å². The van der Waals surface area contributed by atoms with Crippen molar-refractivity contribution < 1.29 is 23.5 Å². The van der Waals surface area contributed by atoms with Gasteiger partial charge in [0.25, 0.3) is 5.91 Å². The number of methoxy groups -OCH3 is 1. The van der Waals surface area contributed by atoms with Crippen LogP contribution >= 0.6 is 0 Å². The summed E-state index contributed by atoms with van der Waals surface area (Å²) in [6.45, 7) is 4.99. The molecule has 2 aliphatic rings. The Morgan fingerprint density at radius 2 is 1.89 bits per heavy atom. The van der Waals surface area contributed by atoms with Gasteiger partial charge < -0.3 is 29.2 Å². The van der Waals surface area contributed by atoms with Crippen molar-refractivity contribution in [2.45, 2.75) is 51.9 Å². The van der Waals surface area contributed by atoms with E-state index in [9.17, 15) is 14.0 Å². The van der Waals surface area contributed by atoms with Crippen LogP contribution in [0.4, 0.5) is 4.39 Å². The summed E-state index contributed by atoms with van der Waals surface area (Å²) in [7, 11) is 5.28. The highest BCUT2D eigenvalue weighted by molar-refractivity contribution is 6.00. The van der Waals surface area contributed by atoms with Crippen LogP contribution < -0.4 is 10.5 Å². The van der Waals surface area contributed by atoms with Gasteiger partial charge in [0.15, 0.2) is 11.5 Å². The Morgan fingerprint density at radius 3 is 2.60 bits per heavy atom. The number of hydrogen-bond acceptors (Lipinski definition) is 8. The highest BCUT2D eigenvalue weighted by Crippen LogP contribution is 2.38. The van der Waals surface area contributed by atoms with Crippen molar-refractivity contribution in [3.8, 4) is 28.5 Å². The molecule has 246 valence electrons. The summed E-state index contributed by atoms with van der Waals surface area (Å²) in [5.74, 6) is 0.920. The predicted molar refractivity (Wildman–Crippen MR) is 175 cm³/mol. The molecule has 13 heteroatoms. The van der Waals surface area contributed by atoms with E-state index >= 15 is 0 Å². The smallest absolute Gasteiger partial charge is 0.359 e. The Labute approximate surface area is 271 Å². The molecule has 47 heavy (non-hydrogen) atoms. The second kappa shape index (κ2) is 11.8. The number of imidazole rings is 1. The number of likely N-dealkylation sites (tertiary alicyclic amines) is 1. The lowest BCUT2D eigenvalue weighted by atomic mass is 10.0. The van der Waals surface area contributed by atoms with E-state index in [-0.39, 0.29) is 31.2 Å². The van der Waals surface area contributed by atoms with Crippen LogP contribution in [0.2, 0.25) is 0 Å². The van der Waals surface area contributed by atoms with E-state index in [0.29, 0.717) is 46.4 Å². The number of piperidine rings is 1. The topological polar surface area (TPSA) is 135 Å². The van der Waals surface area contributed by atoms with Gasteiger partial charge >= 0.3 is 5.97 Å². The van der Waals surface area contributed by atoms with Gasteiger partial charge in [-0.25, -0.2) is 19.2 Å². The van der Waals surface area contributed by atoms with E-state index < -0.39 is 18.2 Å². The number of nitrogens with two attached hydrogens (primary N) is 1. The van der Waals surface area contributed by atoms with Crippen molar-refractivity contribution in [1.29, 1.82) is 0 Å². The molecule has 1 saturated heterocycles. The van der Waals surface area contributed by atoms with E-state index in [1.165, 1.54) is 4.90 Å². The fourth-order valence-electron chi connectivity index (χ4n) is 6.69. The standard InChI is InChI=1S/C34H39FN8O4/c1-6-47-34(45)29-28(18(2)41(4)39-29)24-10-9-20-12-26(43(31(20)37-24)15-19-7-8-19)32-38-25-11-21(13-27(46-5)30(25)40(32)3)33(44)42-16-22(35)14-23(36)17-42/h9-13,19,22-23H,6-8,14-17,36H2,1-5H3/t22-,23-/m1/s1. The Kier molecular flexibility index (Phi) is 7.74. The summed E-state index contributed by atoms with van der Waals surface area (Å²) in [5, 5.41) is 5.38. The first-order chi connectivity index (χ1) is 22.6. The summed E-state index contributed by atoms with van der Waals surface area (Å²) < 4.78 is 31.2. The number of alkyl halides is 1. The van der Waals surface area contributed by atoms with E-state index in [4.69, 9.17) is 25.2 Å². The number of halogens is 1. The lowest BCUT2D eigenvalue weighted by Crippen LogP contribution is -2.50. The van der Waals surface area contributed by atoms with Crippen LogP contribution in [0, 0.1) is 12.8 Å². The minimum atomic E-state index is -1.16. The first-order valence-corrected chi connectivity index (χ1v) is 16.0. The molecule has 0 radical (unpaired) electrons. The fourth-order valence-corrected chi connectivity index (χ4v) is 6.69. The number of carbonyl (C=O) groups is 2. The third-order valence-corrected chi connectivity index (χ3v) is 9.29. The number of fused-ring (bicyclic) bond motifs is 2. The minimum Gasteiger partial charge on any atom is -0.494 e. The van der Waals surface area contributed by atoms with Crippen LogP contribution in [0.3, 0.4) is 0 Å². The van der Waals surface area contributed by atoms with E-state index in [0.717, 1.165) is 47.3 Å². The van der Waals surface area contributed by atoms with Crippen molar-refractivity contribution in [2.24, 2.45) is 25.7 Å². The molecule has 1 aromatic carbocycles. The number of aromatic nitrogens is 6. The summed E-state index contributed by atoms with van der Waals surface area (Å²) >= 11 is 0. The van der Waals surface area contributed by atoms with Crippen molar-refractivity contribution >= 4 is 33.9 Å². The molecule has 2 fully saturated rings. The summed E-state index contributed by atoms with van der Waals surface area (Å²) in [6, 6.07) is 9.01. The first-order valence-electron chi connectivity index (χ1n) is 16.0. The maximum absolute atomic E-state index is 14.3. The maximum Gasteiger partial charge on any atom is 0.359 e. The average Bonchev–Trinajstić information content (AvgIpc) is 3.62. The van der Waals surface area contributed by atoms with E-state index in [1.54, 1.807) is 37.9 Å². The zero-order valence-corrected chi connectivity index (χ0v) is 27.3. The number of hydrogen-bond donors (Lipinski definition) is 1. The molecule has 2 atom stereocenters. The van der Waals surface area contributed by atoms with Gasteiger partial charge in [-0.05, 0) is 69.4 Å². The Balaban J connectivity index is 1.35. The third-order valence-electron chi connectivity index (χ3n) is 9.29. The number of benzene rings is 1. The molecule has 2 N–H and O–H groups in total. The number of pyridine rings is 1. The minimum absolute atomic E-state index is 0.0104. The average molecular weight is 643 g/mol. The Hall–Kier alpha value is -4.78. The van der Waals surface area contributed by atoms with Gasteiger partial charge in [0, 0.05) is 49.9 Å². The molecular weight excluding hydrogens is 603 g/mol. The molecule has 0 bridgehead atoms. The number of amides is 1. The molecule has 5 heterocycles. The quantitative estimate of drug-likeness (QED) is 0.246. The van der Waals surface area contributed by atoms with Gasteiger partial charge in [-0.3, -0.25) is 9.48 Å². The second-order valence-electron chi connectivity index (χ2n) is 12.7. The molecule has 12 nitrogen and oxygen atoms in total. The fraction of sp³-hybridized carbons (Fsp3) is 0.441. The number of carbonyl (C=O) groups excluding carboxylic acids is 2. The summed E-state index contributed by atoms with van der Waals surface area (Å²) in [4.78, 5) is 38.0. The number of nitrogens with zero attached hydrogens (tertiary/aromatic N) is 7. The van der Waals surface area contributed by atoms with Crippen LogP contribution in [0.15, 0.2) is 30.3 Å². The van der Waals surface area contributed by atoms with Crippen LogP contribution in [-0.2, 0) is 25.4 Å². The molecule has 5 aromatic rings. The third kappa shape index (κ3) is 5.41. The van der Waals surface area contributed by atoms with Gasteiger partial charge in [-0.1, -0.05) is 0 Å². The van der Waals surface area contributed by atoms with Gasteiger partial charge in [0.2, 0.25) is 0 Å². The van der Waals surface area contributed by atoms with Crippen LogP contribution in [-0.4, -0.2) is 84.7 Å². The number of aryl methyl sites for hydroxylation is 2. The predicted octanol–water partition coefficient (Wildman–Crippen LogP) is 4.41. The monoisotopic (exact) mass is 642 g/mol. The molecule has 0 spiro atoms. The lowest BCUT2D eigenvalue weighted by Gasteiger charge is -2.33. The van der Waals surface area contributed by atoms with Crippen LogP contribution in [0.5, 0.6) is 5.75 Å². The largest absolute Gasteiger partial charge is 0.494 e. The first kappa shape index (κ1) is 30.9. The normalized spacial score (nSPS) is 18.3. The van der Waals surface area contributed by atoms with Crippen molar-refractivity contribution in [3.05, 3.63) is 47.3 Å². The molecular formula is C34H39FN8O4. The van der Waals surface area contributed by atoms with Gasteiger partial charge in [-0.15, -0.1) is 0 Å². The molecule has 4 aromatic heterocycles. The zero-order valence-electron chi connectivity index (χ0n) is 27.3. The zero-order chi connectivity index (χ0) is 33.1. The number of esters is 1. The van der Waals surface area contributed by atoms with Crippen molar-refractivity contribution in [3.63, 3.8) is 0 Å². The van der Waals surface area contributed by atoms with E-state index in [2.05, 4.69) is 15.7 Å². The lowest BCUT2D eigenvalue weighted by molar-refractivity contribution is 0.0519. The molecule has 1 aliphatic heterocycles. The molecule has 1 saturated carbocycles. The highest BCUT2D eigenvalue weighted by Gasteiger charge is 2.31. The molecule has 1 aliphatic carbocycles. The summed E-state index contributed by atoms with van der Waals surface area (Å²) in [6.07, 6.45) is 1.36. The van der Waals surface area contributed by atoms with Gasteiger partial charge in [0.1, 0.15) is 23.1 Å². The van der Waals surface area contributed by atoms with E-state index in [1.807, 2.05) is 30.7 Å². The SMILES string of the molecule is CCOC(=O)c1nn(C)c(C)c1-c1ccc2cc(-c3nc4cc(C(=O)N5C[C@H](N)C[C@@H](F)C5)cc(OC)c4n3C)n(CC3CC3)c2n1. The molecule has 1 amide bonds. The Bertz CT molecular complexity index is 2030. The number of rotatable bonds is 8. The maximum atomic E-state index is 14.3. The molecule has 7 rings (SSSR count). The van der Waals surface area contributed by atoms with Crippen LogP contribution in [0.25, 0.3) is 44.8 Å².